The second kappa shape index (κ2) is 13.3. The van der Waals surface area contributed by atoms with Gasteiger partial charge >= 0.3 is 13.6 Å². The third kappa shape index (κ3) is 6.80. The first kappa shape index (κ1) is 29.2. The summed E-state index contributed by atoms with van der Waals surface area (Å²) in [5.41, 5.74) is -1.02. The van der Waals surface area contributed by atoms with Gasteiger partial charge < -0.3 is 28.5 Å². The van der Waals surface area contributed by atoms with Gasteiger partial charge in [0.25, 0.3) is 0 Å². The van der Waals surface area contributed by atoms with Crippen molar-refractivity contribution in [2.45, 2.75) is 45.5 Å². The molecular weight excluding hydrogens is 473 g/mol. The van der Waals surface area contributed by atoms with Crippen LogP contribution in [0.25, 0.3) is 0 Å². The van der Waals surface area contributed by atoms with Gasteiger partial charge in [0.2, 0.25) is 5.91 Å². The minimum absolute atomic E-state index is 0.0390. The summed E-state index contributed by atoms with van der Waals surface area (Å²) in [4.78, 5) is 27.5. The Hall–Kier alpha value is -2.03. The Morgan fingerprint density at radius 1 is 1.26 bits per heavy atom. The van der Waals surface area contributed by atoms with Crippen molar-refractivity contribution in [3.05, 3.63) is 48.6 Å². The second-order valence-electron chi connectivity index (χ2n) is 8.69. The van der Waals surface area contributed by atoms with Crippen molar-refractivity contribution < 1.29 is 37.8 Å². The maximum atomic E-state index is 13.4. The number of esters is 1. The molecule has 4 atom stereocenters. The van der Waals surface area contributed by atoms with E-state index in [1.807, 2.05) is 37.3 Å². The third-order valence-electron chi connectivity index (χ3n) is 6.52. The zero-order valence-corrected chi connectivity index (χ0v) is 21.9. The predicted octanol–water partition coefficient (Wildman–Crippen LogP) is 3.41. The largest absolute Gasteiger partial charge is 0.468 e. The quantitative estimate of drug-likeness (QED) is 0.230. The standard InChI is InChI=1S/C25H38NO8P/c1-6-20-15-26(22(16-27)25(20,4)18-32-17-19-12-10-9-11-13-19)23(28)14-21(24(29)31-5)35(30,33-7-2)34-8-3/h6,9-13,20-22,27H,1,7-8,14-18H2,2-5H3/t20-,21?,22-,25-/m1/s1. The molecule has 1 heterocycles. The highest BCUT2D eigenvalue weighted by atomic mass is 31.2. The SMILES string of the molecule is C=C[C@@H]1CN(C(=O)CC(C(=O)OC)P(=O)(OCC)OCC)[C@H](CO)[C@]1(C)COCc1ccccc1. The van der Waals surface area contributed by atoms with Crippen molar-refractivity contribution in [1.82, 2.24) is 4.90 Å². The molecule has 10 heteroatoms. The van der Waals surface area contributed by atoms with Gasteiger partial charge in [-0.15, -0.1) is 6.58 Å². The molecule has 1 N–H and O–H groups in total. The topological polar surface area (TPSA) is 112 Å². The molecular formula is C25H38NO8P. The summed E-state index contributed by atoms with van der Waals surface area (Å²) >= 11 is 0. The van der Waals surface area contributed by atoms with Gasteiger partial charge in [-0.25, -0.2) is 0 Å². The first-order valence-electron chi connectivity index (χ1n) is 11.8. The molecule has 1 amide bonds. The molecule has 0 saturated carbocycles. The summed E-state index contributed by atoms with van der Waals surface area (Å²) in [6, 6.07) is 9.12. The normalized spacial score (nSPS) is 23.2. The van der Waals surface area contributed by atoms with Crippen LogP contribution in [0.3, 0.4) is 0 Å². The molecule has 0 radical (unpaired) electrons. The zero-order chi connectivity index (χ0) is 26.1. The Labute approximate surface area is 207 Å². The van der Waals surface area contributed by atoms with E-state index < -0.39 is 43.0 Å². The lowest BCUT2D eigenvalue weighted by molar-refractivity contribution is -0.144. The molecule has 9 nitrogen and oxygen atoms in total. The zero-order valence-electron chi connectivity index (χ0n) is 21.1. The van der Waals surface area contributed by atoms with Gasteiger partial charge in [-0.1, -0.05) is 43.3 Å². The monoisotopic (exact) mass is 511 g/mol. The molecule has 1 aliphatic rings. The average molecular weight is 512 g/mol. The Bertz CT molecular complexity index is 885. The fourth-order valence-corrected chi connectivity index (χ4v) is 6.46. The summed E-state index contributed by atoms with van der Waals surface area (Å²) in [5, 5.41) is 10.3. The van der Waals surface area contributed by atoms with Gasteiger partial charge in [0, 0.05) is 17.9 Å². The Balaban J connectivity index is 2.24. The summed E-state index contributed by atoms with van der Waals surface area (Å²) in [6.07, 6.45) is 1.32. The van der Waals surface area contributed by atoms with Crippen LogP contribution in [0.1, 0.15) is 32.8 Å². The molecule has 35 heavy (non-hydrogen) atoms. The smallest absolute Gasteiger partial charge is 0.345 e. The lowest BCUT2D eigenvalue weighted by Crippen LogP contribution is -2.47. The van der Waals surface area contributed by atoms with Gasteiger partial charge in [0.15, 0.2) is 5.66 Å². The van der Waals surface area contributed by atoms with Crippen molar-refractivity contribution in [3.63, 3.8) is 0 Å². The molecule has 1 fully saturated rings. The number of nitrogens with zero attached hydrogens (tertiary/aromatic N) is 1. The highest BCUT2D eigenvalue weighted by Crippen LogP contribution is 2.55. The van der Waals surface area contributed by atoms with E-state index in [0.29, 0.717) is 6.61 Å². The van der Waals surface area contributed by atoms with Gasteiger partial charge in [0.1, 0.15) is 0 Å². The molecule has 0 aliphatic carbocycles. The van der Waals surface area contributed by atoms with Crippen LogP contribution in [0.2, 0.25) is 0 Å². The fraction of sp³-hybridized carbons (Fsp3) is 0.600. The number of carbonyl (C=O) groups is 2. The number of likely N-dealkylation sites (tertiary alicyclic amines) is 1. The number of hydrogen-bond acceptors (Lipinski definition) is 8. The number of aliphatic hydroxyl groups is 1. The van der Waals surface area contributed by atoms with E-state index in [0.717, 1.165) is 12.7 Å². The van der Waals surface area contributed by atoms with Crippen LogP contribution in [0.5, 0.6) is 0 Å². The van der Waals surface area contributed by atoms with E-state index in [4.69, 9.17) is 18.5 Å². The van der Waals surface area contributed by atoms with Crippen molar-refractivity contribution in [2.24, 2.45) is 11.3 Å². The number of ether oxygens (including phenoxy) is 2. The first-order chi connectivity index (χ1) is 16.7. The number of hydrogen-bond donors (Lipinski definition) is 1. The molecule has 1 unspecified atom stereocenters. The molecule has 0 spiro atoms. The van der Waals surface area contributed by atoms with Crippen molar-refractivity contribution in [3.8, 4) is 0 Å². The average Bonchev–Trinajstić information content (AvgIpc) is 3.14. The van der Waals surface area contributed by atoms with Gasteiger partial charge in [0.05, 0.1) is 52.6 Å². The maximum Gasteiger partial charge on any atom is 0.345 e. The number of carbonyl (C=O) groups excluding carboxylic acids is 2. The van der Waals surface area contributed by atoms with Gasteiger partial charge in [-0.2, -0.15) is 0 Å². The van der Waals surface area contributed by atoms with E-state index in [9.17, 15) is 19.3 Å². The molecule has 0 aromatic heterocycles. The minimum atomic E-state index is -3.96. The van der Waals surface area contributed by atoms with Crippen LogP contribution < -0.4 is 0 Å². The Kier molecular flexibility index (Phi) is 11.1. The maximum absolute atomic E-state index is 13.4. The van der Waals surface area contributed by atoms with Gasteiger partial charge in [-0.3, -0.25) is 14.2 Å². The predicted molar refractivity (Wildman–Crippen MR) is 132 cm³/mol. The van der Waals surface area contributed by atoms with Crippen LogP contribution >= 0.6 is 7.60 Å². The van der Waals surface area contributed by atoms with Crippen LogP contribution in [0.4, 0.5) is 0 Å². The summed E-state index contributed by atoms with van der Waals surface area (Å²) < 4.78 is 34.8. The van der Waals surface area contributed by atoms with E-state index in [2.05, 4.69) is 6.58 Å². The molecule has 0 bridgehead atoms. The Morgan fingerprint density at radius 3 is 2.40 bits per heavy atom. The number of rotatable bonds is 14. The van der Waals surface area contributed by atoms with E-state index >= 15 is 0 Å². The van der Waals surface area contributed by atoms with Crippen molar-refractivity contribution in [2.75, 3.05) is 40.1 Å². The van der Waals surface area contributed by atoms with E-state index in [-0.39, 0.29) is 38.9 Å². The molecule has 1 aliphatic heterocycles. The molecule has 1 aromatic carbocycles. The first-order valence-corrected chi connectivity index (χ1v) is 13.4. The van der Waals surface area contributed by atoms with Crippen molar-refractivity contribution >= 4 is 19.5 Å². The lowest BCUT2D eigenvalue weighted by atomic mass is 9.75. The van der Waals surface area contributed by atoms with Crippen LogP contribution in [0.15, 0.2) is 43.0 Å². The van der Waals surface area contributed by atoms with Gasteiger partial charge in [-0.05, 0) is 19.4 Å². The summed E-state index contributed by atoms with van der Waals surface area (Å²) in [5.74, 6) is -1.48. The summed E-state index contributed by atoms with van der Waals surface area (Å²) in [6.45, 7) is 9.84. The number of benzene rings is 1. The molecule has 1 saturated heterocycles. The third-order valence-corrected chi connectivity index (χ3v) is 8.91. The molecule has 2 rings (SSSR count). The summed E-state index contributed by atoms with van der Waals surface area (Å²) in [7, 11) is -2.80. The molecule has 196 valence electrons. The van der Waals surface area contributed by atoms with E-state index in [1.165, 1.54) is 4.90 Å². The number of aliphatic hydroxyl groups excluding tert-OH is 1. The van der Waals surface area contributed by atoms with Crippen LogP contribution in [0, 0.1) is 11.3 Å². The minimum Gasteiger partial charge on any atom is -0.468 e. The molecule has 1 aromatic rings. The van der Waals surface area contributed by atoms with Crippen molar-refractivity contribution in [1.29, 1.82) is 0 Å². The van der Waals surface area contributed by atoms with Crippen LogP contribution in [-0.4, -0.2) is 73.7 Å². The van der Waals surface area contributed by atoms with E-state index in [1.54, 1.807) is 19.9 Å². The highest BCUT2D eigenvalue weighted by Gasteiger charge is 2.53. The number of amides is 1. The second-order valence-corrected chi connectivity index (χ2v) is 10.9. The van der Waals surface area contributed by atoms with Crippen LogP contribution in [-0.2, 0) is 39.3 Å². The fourth-order valence-electron chi connectivity index (χ4n) is 4.56. The lowest BCUT2D eigenvalue weighted by Gasteiger charge is -2.36. The highest BCUT2D eigenvalue weighted by molar-refractivity contribution is 7.55. The Morgan fingerprint density at radius 2 is 1.89 bits per heavy atom. The number of methoxy groups -OCH3 is 1.